The highest BCUT2D eigenvalue weighted by molar-refractivity contribution is 9.10. The van der Waals surface area contributed by atoms with Crippen molar-refractivity contribution in [1.29, 1.82) is 0 Å². The topological polar surface area (TPSA) is 38.6 Å². The van der Waals surface area contributed by atoms with E-state index in [9.17, 15) is 0 Å². The molecule has 1 atom stereocenters. The molecule has 1 aliphatic rings. The van der Waals surface area contributed by atoms with E-state index in [1.54, 1.807) is 0 Å². The van der Waals surface area contributed by atoms with Crippen molar-refractivity contribution in [3.05, 3.63) is 56.7 Å². The van der Waals surface area contributed by atoms with E-state index in [0.29, 0.717) is 10.0 Å². The fraction of sp³-hybridized carbons (Fsp3) is 0.278. The zero-order valence-electron chi connectivity index (χ0n) is 13.3. The molecule has 4 nitrogen and oxygen atoms in total. The number of halogens is 3. The molecule has 0 unspecified atom stereocenters. The van der Waals surface area contributed by atoms with Gasteiger partial charge in [0.2, 0.25) is 0 Å². The van der Waals surface area contributed by atoms with Crippen LogP contribution in [-0.4, -0.2) is 35.2 Å². The smallest absolute Gasteiger partial charge is 0.139 e. The van der Waals surface area contributed by atoms with Crippen LogP contribution in [0.1, 0.15) is 5.69 Å². The monoisotopic (exact) mass is 439 g/mol. The number of benzene rings is 1. The van der Waals surface area contributed by atoms with Crippen LogP contribution >= 0.6 is 39.1 Å². The molecule has 130 valence electrons. The van der Waals surface area contributed by atoms with Gasteiger partial charge < -0.3 is 14.5 Å². The standard InChI is InChI=1S/C18H16BrCl2N3O/c19-11-1-2-14(15(21)7-11)18-16(9-13-10-22-4-6-25-13)24-5-3-12(20)8-17(24)23-18/h1-3,5,7-8,13,22H,4,6,9-10H2/t13-/m0/s1. The quantitative estimate of drug-likeness (QED) is 0.646. The number of hydrogen-bond acceptors (Lipinski definition) is 3. The summed E-state index contributed by atoms with van der Waals surface area (Å²) in [6, 6.07) is 9.57. The first kappa shape index (κ1) is 17.3. The number of nitrogens with zero attached hydrogens (tertiary/aromatic N) is 2. The third-order valence-corrected chi connectivity index (χ3v) is 5.34. The Morgan fingerprint density at radius 2 is 2.16 bits per heavy atom. The van der Waals surface area contributed by atoms with Crippen molar-refractivity contribution < 1.29 is 4.74 Å². The summed E-state index contributed by atoms with van der Waals surface area (Å²) in [6.45, 7) is 2.45. The summed E-state index contributed by atoms with van der Waals surface area (Å²) < 4.78 is 8.90. The van der Waals surface area contributed by atoms with Crippen molar-refractivity contribution in [3.63, 3.8) is 0 Å². The van der Waals surface area contributed by atoms with Gasteiger partial charge in [-0.3, -0.25) is 0 Å². The number of morpholine rings is 1. The lowest BCUT2D eigenvalue weighted by atomic mass is 10.1. The average molecular weight is 441 g/mol. The predicted molar refractivity (Wildman–Crippen MR) is 105 cm³/mol. The van der Waals surface area contributed by atoms with Gasteiger partial charge >= 0.3 is 0 Å². The highest BCUT2D eigenvalue weighted by Crippen LogP contribution is 2.34. The summed E-state index contributed by atoms with van der Waals surface area (Å²) in [6.07, 6.45) is 2.81. The van der Waals surface area contributed by atoms with Gasteiger partial charge in [-0.05, 0) is 18.2 Å². The zero-order chi connectivity index (χ0) is 17.4. The first-order valence-corrected chi connectivity index (χ1v) is 9.61. The molecule has 1 aromatic carbocycles. The number of hydrogen-bond donors (Lipinski definition) is 1. The second-order valence-electron chi connectivity index (χ2n) is 6.01. The molecule has 0 aliphatic carbocycles. The number of fused-ring (bicyclic) bond motifs is 1. The van der Waals surface area contributed by atoms with Crippen LogP contribution in [0.3, 0.4) is 0 Å². The van der Waals surface area contributed by atoms with Crippen molar-refractivity contribution in [3.8, 4) is 11.3 Å². The second kappa shape index (κ2) is 7.25. The molecule has 1 saturated heterocycles. The molecular formula is C18H16BrCl2N3O. The van der Waals surface area contributed by atoms with E-state index in [1.807, 2.05) is 36.5 Å². The Kier molecular flexibility index (Phi) is 5.02. The van der Waals surface area contributed by atoms with Gasteiger partial charge in [0.05, 0.1) is 29.1 Å². The Labute approximate surface area is 164 Å². The second-order valence-corrected chi connectivity index (χ2v) is 7.76. The Morgan fingerprint density at radius 1 is 1.28 bits per heavy atom. The molecule has 3 aromatic rings. The highest BCUT2D eigenvalue weighted by Gasteiger charge is 2.22. The third-order valence-electron chi connectivity index (χ3n) is 4.30. The number of nitrogens with one attached hydrogen (secondary N) is 1. The molecular weight excluding hydrogens is 425 g/mol. The van der Waals surface area contributed by atoms with E-state index in [-0.39, 0.29) is 6.10 Å². The van der Waals surface area contributed by atoms with Crippen LogP contribution in [-0.2, 0) is 11.2 Å². The number of ether oxygens (including phenoxy) is 1. The van der Waals surface area contributed by atoms with E-state index in [2.05, 4.69) is 25.6 Å². The van der Waals surface area contributed by atoms with Crippen LogP contribution < -0.4 is 5.32 Å². The van der Waals surface area contributed by atoms with E-state index < -0.39 is 0 Å². The minimum atomic E-state index is 0.109. The van der Waals surface area contributed by atoms with E-state index in [0.717, 1.165) is 53.2 Å². The van der Waals surface area contributed by atoms with E-state index in [4.69, 9.17) is 32.9 Å². The van der Waals surface area contributed by atoms with Crippen LogP contribution in [0.15, 0.2) is 41.0 Å². The van der Waals surface area contributed by atoms with E-state index in [1.165, 1.54) is 0 Å². The maximum atomic E-state index is 6.49. The molecule has 7 heteroatoms. The van der Waals surface area contributed by atoms with Gasteiger partial charge in [0.25, 0.3) is 0 Å². The fourth-order valence-electron chi connectivity index (χ4n) is 3.13. The Balaban J connectivity index is 1.85. The molecule has 1 aliphatic heterocycles. The third kappa shape index (κ3) is 3.57. The molecule has 0 bridgehead atoms. The summed E-state index contributed by atoms with van der Waals surface area (Å²) in [7, 11) is 0. The summed E-state index contributed by atoms with van der Waals surface area (Å²) in [5.41, 5.74) is 3.65. The van der Waals surface area contributed by atoms with Crippen molar-refractivity contribution in [2.45, 2.75) is 12.5 Å². The number of pyridine rings is 1. The molecule has 0 radical (unpaired) electrons. The number of rotatable bonds is 3. The van der Waals surface area contributed by atoms with Gasteiger partial charge in [0.1, 0.15) is 5.65 Å². The maximum Gasteiger partial charge on any atom is 0.139 e. The zero-order valence-corrected chi connectivity index (χ0v) is 16.4. The first-order chi connectivity index (χ1) is 12.1. The molecule has 4 rings (SSSR count). The first-order valence-electron chi connectivity index (χ1n) is 8.06. The van der Waals surface area contributed by atoms with E-state index >= 15 is 0 Å². The molecule has 0 saturated carbocycles. The van der Waals surface area contributed by atoms with Crippen LogP contribution in [0.2, 0.25) is 10.0 Å². The van der Waals surface area contributed by atoms with Gasteiger partial charge in [0, 0.05) is 46.8 Å². The van der Waals surface area contributed by atoms with Crippen molar-refractivity contribution in [2.75, 3.05) is 19.7 Å². The largest absolute Gasteiger partial charge is 0.375 e. The van der Waals surface area contributed by atoms with Crippen molar-refractivity contribution in [1.82, 2.24) is 14.7 Å². The molecule has 1 N–H and O–H groups in total. The number of aromatic nitrogens is 2. The van der Waals surface area contributed by atoms with Crippen LogP contribution in [0, 0.1) is 0 Å². The molecule has 25 heavy (non-hydrogen) atoms. The average Bonchev–Trinajstić information content (AvgIpc) is 2.93. The lowest BCUT2D eigenvalue weighted by Crippen LogP contribution is -2.39. The van der Waals surface area contributed by atoms with Gasteiger partial charge in [-0.15, -0.1) is 0 Å². The van der Waals surface area contributed by atoms with Crippen LogP contribution in [0.25, 0.3) is 16.9 Å². The summed E-state index contributed by atoms with van der Waals surface area (Å²) in [4.78, 5) is 4.80. The molecule has 0 amide bonds. The predicted octanol–water partition coefficient (Wildman–Crippen LogP) is 4.60. The van der Waals surface area contributed by atoms with Crippen LogP contribution in [0.5, 0.6) is 0 Å². The normalized spacial score (nSPS) is 18.0. The molecule has 2 aromatic heterocycles. The van der Waals surface area contributed by atoms with Gasteiger partial charge in [-0.25, -0.2) is 4.98 Å². The minimum Gasteiger partial charge on any atom is -0.375 e. The maximum absolute atomic E-state index is 6.49. The summed E-state index contributed by atoms with van der Waals surface area (Å²) >= 11 is 16.1. The Bertz CT molecular complexity index is 922. The van der Waals surface area contributed by atoms with Gasteiger partial charge in [-0.2, -0.15) is 0 Å². The SMILES string of the molecule is Clc1ccn2c(C[C@H]3CNCCO3)c(-c3ccc(Br)cc3Cl)nc2c1. The molecule has 3 heterocycles. The van der Waals surface area contributed by atoms with Gasteiger partial charge in [0.15, 0.2) is 0 Å². The van der Waals surface area contributed by atoms with Gasteiger partial charge in [-0.1, -0.05) is 45.2 Å². The van der Waals surface area contributed by atoms with Crippen molar-refractivity contribution >= 4 is 44.8 Å². The molecule has 1 fully saturated rings. The lowest BCUT2D eigenvalue weighted by molar-refractivity contribution is 0.0286. The molecule has 0 spiro atoms. The van der Waals surface area contributed by atoms with Crippen LogP contribution in [0.4, 0.5) is 0 Å². The van der Waals surface area contributed by atoms with Crippen molar-refractivity contribution in [2.24, 2.45) is 0 Å². The number of imidazole rings is 1. The summed E-state index contributed by atoms with van der Waals surface area (Å²) in [5, 5.41) is 4.69. The summed E-state index contributed by atoms with van der Waals surface area (Å²) in [5.74, 6) is 0. The highest BCUT2D eigenvalue weighted by atomic mass is 79.9. The minimum absolute atomic E-state index is 0.109. The lowest BCUT2D eigenvalue weighted by Gasteiger charge is -2.24. The fourth-order valence-corrected chi connectivity index (χ4v) is 4.05. The Hall–Kier alpha value is -1.11. The Morgan fingerprint density at radius 3 is 2.92 bits per heavy atom.